The number of fused-ring (bicyclic) bond motifs is 1. The molecule has 1 atom stereocenters. The van der Waals surface area contributed by atoms with Crippen molar-refractivity contribution in [2.75, 3.05) is 13.1 Å². The highest BCUT2D eigenvalue weighted by molar-refractivity contribution is 5.91. The molecule has 3 amide bonds. The van der Waals surface area contributed by atoms with Gasteiger partial charge in [0, 0.05) is 42.9 Å². The van der Waals surface area contributed by atoms with E-state index in [1.165, 1.54) is 0 Å². The normalized spacial score (nSPS) is 11.4. The maximum absolute atomic E-state index is 12.4. The van der Waals surface area contributed by atoms with Crippen LogP contribution in [0.2, 0.25) is 0 Å². The van der Waals surface area contributed by atoms with Gasteiger partial charge in [-0.15, -0.1) is 12.3 Å². The van der Waals surface area contributed by atoms with Gasteiger partial charge in [0.05, 0.1) is 6.54 Å². The van der Waals surface area contributed by atoms with Crippen LogP contribution in [0.15, 0.2) is 30.5 Å². The fourth-order valence-corrected chi connectivity index (χ4v) is 2.73. The second kappa shape index (κ2) is 10.0. The summed E-state index contributed by atoms with van der Waals surface area (Å²) in [7, 11) is 0. The fraction of sp³-hybridized carbons (Fsp3) is 0.350. The van der Waals surface area contributed by atoms with E-state index in [0.717, 1.165) is 16.5 Å². The van der Waals surface area contributed by atoms with Crippen LogP contribution in [0.5, 0.6) is 0 Å². The van der Waals surface area contributed by atoms with E-state index in [2.05, 4.69) is 26.9 Å². The molecule has 0 bridgehead atoms. The van der Waals surface area contributed by atoms with Gasteiger partial charge in [0.25, 0.3) is 0 Å². The number of para-hydroxylation sites is 1. The zero-order chi connectivity index (χ0) is 19.6. The van der Waals surface area contributed by atoms with Gasteiger partial charge in [-0.2, -0.15) is 0 Å². The number of carbonyl (C=O) groups excluding carboxylic acids is 3. The van der Waals surface area contributed by atoms with Crippen LogP contribution in [-0.2, 0) is 20.8 Å². The third-order valence-corrected chi connectivity index (χ3v) is 4.04. The molecular formula is C20H24N4O3. The van der Waals surface area contributed by atoms with E-state index in [1.54, 1.807) is 0 Å². The Morgan fingerprint density at radius 2 is 1.96 bits per heavy atom. The smallest absolute Gasteiger partial charge is 0.242 e. The van der Waals surface area contributed by atoms with Crippen LogP contribution in [-0.4, -0.2) is 41.8 Å². The van der Waals surface area contributed by atoms with Gasteiger partial charge in [0.15, 0.2) is 0 Å². The highest BCUT2D eigenvalue weighted by Crippen LogP contribution is 2.19. The highest BCUT2D eigenvalue weighted by atomic mass is 16.2. The standard InChI is InChI=1S/C20H24N4O3/c1-3-5-10-18(25)23-13-19(26)24-17(20(27)21-4-2)11-14-12-22-16-9-7-6-8-15(14)16/h1,6-9,12,17,22H,4-5,10-11,13H2,2H3,(H,21,27)(H,23,25)(H,24,26). The molecule has 1 unspecified atom stereocenters. The molecule has 0 radical (unpaired) electrons. The molecule has 0 saturated heterocycles. The number of carbonyl (C=O) groups is 3. The van der Waals surface area contributed by atoms with Crippen molar-refractivity contribution < 1.29 is 14.4 Å². The molecular weight excluding hydrogens is 344 g/mol. The molecule has 7 nitrogen and oxygen atoms in total. The van der Waals surface area contributed by atoms with E-state index in [0.29, 0.717) is 19.4 Å². The lowest BCUT2D eigenvalue weighted by molar-refractivity contribution is -0.129. The summed E-state index contributed by atoms with van der Waals surface area (Å²) >= 11 is 0. The van der Waals surface area contributed by atoms with E-state index < -0.39 is 11.9 Å². The van der Waals surface area contributed by atoms with Crippen molar-refractivity contribution in [3.8, 4) is 12.3 Å². The molecule has 1 aromatic heterocycles. The van der Waals surface area contributed by atoms with Gasteiger partial charge >= 0.3 is 0 Å². The Bertz CT molecular complexity index is 850. The average Bonchev–Trinajstić information content (AvgIpc) is 3.07. The molecule has 27 heavy (non-hydrogen) atoms. The Hall–Kier alpha value is -3.27. The minimum absolute atomic E-state index is 0.166. The van der Waals surface area contributed by atoms with Crippen molar-refractivity contribution >= 4 is 28.6 Å². The number of hydrogen-bond acceptors (Lipinski definition) is 3. The summed E-state index contributed by atoms with van der Waals surface area (Å²) in [5.74, 6) is 1.37. The summed E-state index contributed by atoms with van der Waals surface area (Å²) in [5, 5.41) is 8.93. The maximum atomic E-state index is 12.4. The first-order valence-corrected chi connectivity index (χ1v) is 8.87. The predicted octanol–water partition coefficient (Wildman–Crippen LogP) is 0.861. The van der Waals surface area contributed by atoms with Gasteiger partial charge in [-0.25, -0.2) is 0 Å². The van der Waals surface area contributed by atoms with Gasteiger partial charge in [-0.05, 0) is 18.6 Å². The first kappa shape index (κ1) is 20.0. The molecule has 7 heteroatoms. The SMILES string of the molecule is C#CCCC(=O)NCC(=O)NC(Cc1c[nH]c2ccccc12)C(=O)NCC. The zero-order valence-corrected chi connectivity index (χ0v) is 15.3. The predicted molar refractivity (Wildman–Crippen MR) is 104 cm³/mol. The van der Waals surface area contributed by atoms with E-state index in [4.69, 9.17) is 6.42 Å². The molecule has 0 aliphatic rings. The second-order valence-corrected chi connectivity index (χ2v) is 6.06. The monoisotopic (exact) mass is 368 g/mol. The first-order valence-electron chi connectivity index (χ1n) is 8.87. The molecule has 0 aliphatic heterocycles. The number of amides is 3. The summed E-state index contributed by atoms with van der Waals surface area (Å²) in [6.07, 6.45) is 7.77. The number of rotatable bonds is 9. The molecule has 4 N–H and O–H groups in total. The lowest BCUT2D eigenvalue weighted by Crippen LogP contribution is -2.50. The van der Waals surface area contributed by atoms with Crippen LogP contribution in [0.4, 0.5) is 0 Å². The van der Waals surface area contributed by atoms with E-state index in [9.17, 15) is 14.4 Å². The minimum Gasteiger partial charge on any atom is -0.361 e. The summed E-state index contributed by atoms with van der Waals surface area (Å²) in [5.41, 5.74) is 1.90. The Kier molecular flexibility index (Phi) is 7.44. The highest BCUT2D eigenvalue weighted by Gasteiger charge is 2.22. The number of benzene rings is 1. The first-order chi connectivity index (χ1) is 13.0. The molecule has 0 saturated carbocycles. The number of aromatic nitrogens is 1. The van der Waals surface area contributed by atoms with Crippen LogP contribution >= 0.6 is 0 Å². The molecule has 0 spiro atoms. The lowest BCUT2D eigenvalue weighted by Gasteiger charge is -2.18. The largest absolute Gasteiger partial charge is 0.361 e. The Morgan fingerprint density at radius 1 is 1.19 bits per heavy atom. The number of aromatic amines is 1. The van der Waals surface area contributed by atoms with Crippen molar-refractivity contribution in [3.63, 3.8) is 0 Å². The van der Waals surface area contributed by atoms with E-state index >= 15 is 0 Å². The van der Waals surface area contributed by atoms with E-state index in [1.807, 2.05) is 37.4 Å². The molecule has 0 fully saturated rings. The van der Waals surface area contributed by atoms with E-state index in [-0.39, 0.29) is 24.8 Å². The van der Waals surface area contributed by atoms with Crippen molar-refractivity contribution in [1.29, 1.82) is 0 Å². The Labute approximate surface area is 158 Å². The van der Waals surface area contributed by atoms with Crippen molar-refractivity contribution in [2.24, 2.45) is 0 Å². The lowest BCUT2D eigenvalue weighted by atomic mass is 10.0. The molecule has 2 rings (SSSR count). The fourth-order valence-electron chi connectivity index (χ4n) is 2.73. The number of hydrogen-bond donors (Lipinski definition) is 4. The van der Waals surface area contributed by atoms with Gasteiger partial charge in [0.1, 0.15) is 6.04 Å². The van der Waals surface area contributed by atoms with Crippen LogP contribution < -0.4 is 16.0 Å². The minimum atomic E-state index is -0.737. The molecule has 1 heterocycles. The van der Waals surface area contributed by atoms with Crippen molar-refractivity contribution in [3.05, 3.63) is 36.0 Å². The zero-order valence-electron chi connectivity index (χ0n) is 15.3. The van der Waals surface area contributed by atoms with Gasteiger partial charge in [-0.1, -0.05) is 18.2 Å². The summed E-state index contributed by atoms with van der Waals surface area (Å²) < 4.78 is 0. The summed E-state index contributed by atoms with van der Waals surface area (Å²) in [6.45, 7) is 2.07. The van der Waals surface area contributed by atoms with Gasteiger partial charge in [0.2, 0.25) is 17.7 Å². The maximum Gasteiger partial charge on any atom is 0.242 e. The van der Waals surface area contributed by atoms with Gasteiger partial charge < -0.3 is 20.9 Å². The molecule has 0 aliphatic carbocycles. The number of nitrogens with one attached hydrogen (secondary N) is 4. The topological polar surface area (TPSA) is 103 Å². The van der Waals surface area contributed by atoms with Crippen LogP contribution in [0.25, 0.3) is 10.9 Å². The molecule has 1 aromatic carbocycles. The number of likely N-dealkylation sites (N-methyl/N-ethyl adjacent to an activating group) is 1. The van der Waals surface area contributed by atoms with Crippen LogP contribution in [0.3, 0.4) is 0 Å². The third kappa shape index (κ3) is 5.89. The average molecular weight is 368 g/mol. The Morgan fingerprint density at radius 3 is 2.70 bits per heavy atom. The van der Waals surface area contributed by atoms with Crippen molar-refractivity contribution in [2.45, 2.75) is 32.2 Å². The Balaban J connectivity index is 2.02. The second-order valence-electron chi connectivity index (χ2n) is 6.06. The van der Waals surface area contributed by atoms with Crippen LogP contribution in [0, 0.1) is 12.3 Å². The quantitative estimate of drug-likeness (QED) is 0.494. The van der Waals surface area contributed by atoms with Gasteiger partial charge in [-0.3, -0.25) is 14.4 Å². The van der Waals surface area contributed by atoms with Crippen molar-refractivity contribution in [1.82, 2.24) is 20.9 Å². The number of H-pyrrole nitrogens is 1. The summed E-state index contributed by atoms with van der Waals surface area (Å²) in [6, 6.07) is 7.02. The summed E-state index contributed by atoms with van der Waals surface area (Å²) in [4.78, 5) is 39.3. The number of terminal acetylenes is 1. The third-order valence-electron chi connectivity index (χ3n) is 4.04. The van der Waals surface area contributed by atoms with Crippen LogP contribution in [0.1, 0.15) is 25.3 Å². The molecule has 2 aromatic rings. The molecule has 142 valence electrons.